The molecule has 0 saturated heterocycles. The lowest BCUT2D eigenvalue weighted by Crippen LogP contribution is -2.27. The van der Waals surface area contributed by atoms with Crippen LogP contribution in [0.4, 0.5) is 15.3 Å². The van der Waals surface area contributed by atoms with E-state index in [0.717, 1.165) is 11.1 Å². The summed E-state index contributed by atoms with van der Waals surface area (Å²) in [6, 6.07) is 15.9. The van der Waals surface area contributed by atoms with Crippen molar-refractivity contribution in [2.45, 2.75) is 19.6 Å². The highest BCUT2D eigenvalue weighted by Crippen LogP contribution is 2.17. The van der Waals surface area contributed by atoms with E-state index >= 15 is 0 Å². The monoisotopic (exact) mass is 314 g/mol. The van der Waals surface area contributed by atoms with Crippen molar-refractivity contribution in [1.29, 1.82) is 0 Å². The Bertz CT molecular complexity index is 673. The van der Waals surface area contributed by atoms with Crippen molar-refractivity contribution in [2.75, 3.05) is 5.32 Å². The highest BCUT2D eigenvalue weighted by molar-refractivity contribution is 5.82. The largest absolute Gasteiger partial charge is 0.465 e. The van der Waals surface area contributed by atoms with Crippen molar-refractivity contribution in [3.05, 3.63) is 65.7 Å². The van der Waals surface area contributed by atoms with E-state index in [1.807, 2.05) is 30.3 Å². The van der Waals surface area contributed by atoms with Gasteiger partial charge in [-0.1, -0.05) is 42.5 Å². The molecule has 2 rings (SSSR count). The summed E-state index contributed by atoms with van der Waals surface area (Å²) in [5.74, 6) is 0. The maximum Gasteiger partial charge on any atom is 0.409 e. The number of carbonyl (C=O) groups excluding carboxylic acids is 1. The summed E-state index contributed by atoms with van der Waals surface area (Å²) in [4.78, 5) is 22.5. The van der Waals surface area contributed by atoms with Gasteiger partial charge < -0.3 is 15.2 Å². The molecule has 2 aromatic carbocycles. The number of carboxylic acid groups (broad SMARTS) is 1. The lowest BCUT2D eigenvalue weighted by Gasteiger charge is -2.15. The molecule has 0 saturated carbocycles. The number of anilines is 1. The normalized spacial score (nSPS) is 11.3. The molecule has 6 heteroatoms. The standard InChI is InChI=1S/C17H18N2O4/c1-12(14-8-5-9-15(10-14)19-16(20)21)18-17(22)23-11-13-6-3-2-4-7-13/h2-10,12,19H,11H2,1H3,(H,18,22)(H,20,21). The van der Waals surface area contributed by atoms with Crippen LogP contribution in [0.2, 0.25) is 0 Å². The van der Waals surface area contributed by atoms with Crippen LogP contribution in [0, 0.1) is 0 Å². The van der Waals surface area contributed by atoms with E-state index in [0.29, 0.717) is 5.69 Å². The summed E-state index contributed by atoms with van der Waals surface area (Å²) in [6.45, 7) is 1.99. The molecule has 0 aromatic heterocycles. The van der Waals surface area contributed by atoms with E-state index in [9.17, 15) is 9.59 Å². The fraction of sp³-hybridized carbons (Fsp3) is 0.176. The van der Waals surface area contributed by atoms with Crippen LogP contribution in [0.3, 0.4) is 0 Å². The van der Waals surface area contributed by atoms with Crippen LogP contribution in [0.15, 0.2) is 54.6 Å². The van der Waals surface area contributed by atoms with Gasteiger partial charge in [0, 0.05) is 5.69 Å². The molecule has 0 fully saturated rings. The molecule has 0 aliphatic heterocycles. The number of carbonyl (C=O) groups is 2. The second kappa shape index (κ2) is 7.84. The Morgan fingerprint density at radius 1 is 1.13 bits per heavy atom. The Morgan fingerprint density at radius 3 is 2.57 bits per heavy atom. The fourth-order valence-electron chi connectivity index (χ4n) is 2.03. The highest BCUT2D eigenvalue weighted by Gasteiger charge is 2.11. The number of benzene rings is 2. The Balaban J connectivity index is 1.89. The number of ether oxygens (including phenoxy) is 1. The summed E-state index contributed by atoms with van der Waals surface area (Å²) in [5, 5.41) is 13.7. The summed E-state index contributed by atoms with van der Waals surface area (Å²) < 4.78 is 5.16. The Labute approximate surface area is 134 Å². The summed E-state index contributed by atoms with van der Waals surface area (Å²) in [5.41, 5.74) is 2.12. The number of amides is 2. The first-order chi connectivity index (χ1) is 11.0. The molecule has 2 amide bonds. The number of hydrogen-bond acceptors (Lipinski definition) is 3. The molecule has 120 valence electrons. The maximum absolute atomic E-state index is 11.8. The first kappa shape index (κ1) is 16.4. The molecule has 1 atom stereocenters. The van der Waals surface area contributed by atoms with Crippen LogP contribution in [0.5, 0.6) is 0 Å². The average Bonchev–Trinajstić information content (AvgIpc) is 2.53. The van der Waals surface area contributed by atoms with Gasteiger partial charge in [-0.15, -0.1) is 0 Å². The van der Waals surface area contributed by atoms with Crippen LogP contribution in [-0.4, -0.2) is 17.3 Å². The highest BCUT2D eigenvalue weighted by atomic mass is 16.5. The molecule has 23 heavy (non-hydrogen) atoms. The molecule has 6 nitrogen and oxygen atoms in total. The van der Waals surface area contributed by atoms with Gasteiger partial charge in [-0.05, 0) is 30.2 Å². The van der Waals surface area contributed by atoms with Gasteiger partial charge in [0.25, 0.3) is 0 Å². The molecule has 1 unspecified atom stereocenters. The molecule has 3 N–H and O–H groups in total. The molecule has 0 radical (unpaired) electrons. The van der Waals surface area contributed by atoms with Crippen molar-refractivity contribution in [2.24, 2.45) is 0 Å². The Kier molecular flexibility index (Phi) is 5.57. The zero-order valence-corrected chi connectivity index (χ0v) is 12.7. The van der Waals surface area contributed by atoms with E-state index in [2.05, 4.69) is 10.6 Å². The lowest BCUT2D eigenvalue weighted by molar-refractivity contribution is 0.136. The quantitative estimate of drug-likeness (QED) is 0.784. The predicted octanol–water partition coefficient (Wildman–Crippen LogP) is 3.76. The third kappa shape index (κ3) is 5.35. The average molecular weight is 314 g/mol. The molecule has 0 aliphatic rings. The SMILES string of the molecule is CC(NC(=O)OCc1ccccc1)c1cccc(NC(=O)O)c1. The minimum atomic E-state index is -1.13. The zero-order valence-electron chi connectivity index (χ0n) is 12.7. The van der Waals surface area contributed by atoms with Crippen LogP contribution in [-0.2, 0) is 11.3 Å². The van der Waals surface area contributed by atoms with E-state index in [1.54, 1.807) is 31.2 Å². The first-order valence-corrected chi connectivity index (χ1v) is 7.11. The number of nitrogens with one attached hydrogen (secondary N) is 2. The number of alkyl carbamates (subject to hydrolysis) is 1. The van der Waals surface area contributed by atoms with Crippen LogP contribution >= 0.6 is 0 Å². The van der Waals surface area contributed by atoms with Gasteiger partial charge in [0.1, 0.15) is 6.61 Å². The van der Waals surface area contributed by atoms with E-state index < -0.39 is 12.2 Å². The first-order valence-electron chi connectivity index (χ1n) is 7.11. The van der Waals surface area contributed by atoms with Gasteiger partial charge in [0.15, 0.2) is 0 Å². The lowest BCUT2D eigenvalue weighted by atomic mass is 10.1. The van der Waals surface area contributed by atoms with E-state index in [1.165, 1.54) is 0 Å². The van der Waals surface area contributed by atoms with E-state index in [-0.39, 0.29) is 12.6 Å². The van der Waals surface area contributed by atoms with Crippen LogP contribution in [0.1, 0.15) is 24.1 Å². The van der Waals surface area contributed by atoms with Gasteiger partial charge in [-0.3, -0.25) is 5.32 Å². The summed E-state index contributed by atoms with van der Waals surface area (Å²) in [6.07, 6.45) is -1.66. The molecule has 2 aromatic rings. The predicted molar refractivity (Wildman–Crippen MR) is 86.3 cm³/mol. The second-order valence-corrected chi connectivity index (χ2v) is 4.98. The van der Waals surface area contributed by atoms with Crippen molar-refractivity contribution < 1.29 is 19.4 Å². The van der Waals surface area contributed by atoms with Gasteiger partial charge in [0.05, 0.1) is 6.04 Å². The molecule has 0 heterocycles. The minimum absolute atomic E-state index is 0.194. The topological polar surface area (TPSA) is 87.7 Å². The van der Waals surface area contributed by atoms with Crippen molar-refractivity contribution in [3.8, 4) is 0 Å². The zero-order chi connectivity index (χ0) is 16.7. The third-order valence-electron chi connectivity index (χ3n) is 3.19. The number of rotatable bonds is 5. The molecule has 0 spiro atoms. The molecular formula is C17H18N2O4. The van der Waals surface area contributed by atoms with Gasteiger partial charge in [-0.25, -0.2) is 9.59 Å². The molecule has 0 aliphatic carbocycles. The van der Waals surface area contributed by atoms with Crippen molar-refractivity contribution in [1.82, 2.24) is 5.32 Å². The summed E-state index contributed by atoms with van der Waals surface area (Å²) in [7, 11) is 0. The minimum Gasteiger partial charge on any atom is -0.465 e. The molecular weight excluding hydrogens is 296 g/mol. The van der Waals surface area contributed by atoms with Crippen LogP contribution in [0.25, 0.3) is 0 Å². The molecule has 0 bridgehead atoms. The van der Waals surface area contributed by atoms with Crippen molar-refractivity contribution >= 4 is 17.9 Å². The summed E-state index contributed by atoms with van der Waals surface area (Å²) >= 11 is 0. The second-order valence-electron chi connectivity index (χ2n) is 4.98. The smallest absolute Gasteiger partial charge is 0.409 e. The fourth-order valence-corrected chi connectivity index (χ4v) is 2.03. The van der Waals surface area contributed by atoms with Crippen LogP contribution < -0.4 is 10.6 Å². The Hall–Kier alpha value is -3.02. The van der Waals surface area contributed by atoms with E-state index in [4.69, 9.17) is 9.84 Å². The third-order valence-corrected chi connectivity index (χ3v) is 3.19. The van der Waals surface area contributed by atoms with Gasteiger partial charge in [-0.2, -0.15) is 0 Å². The maximum atomic E-state index is 11.8. The van der Waals surface area contributed by atoms with Gasteiger partial charge in [0.2, 0.25) is 0 Å². The van der Waals surface area contributed by atoms with Gasteiger partial charge >= 0.3 is 12.2 Å². The number of hydrogen-bond donors (Lipinski definition) is 3. The Morgan fingerprint density at radius 2 is 1.87 bits per heavy atom. The van der Waals surface area contributed by atoms with Crippen molar-refractivity contribution in [3.63, 3.8) is 0 Å².